The summed E-state index contributed by atoms with van der Waals surface area (Å²) >= 11 is 1.68. The molecule has 1 aliphatic heterocycles. The van der Waals surface area contributed by atoms with Gasteiger partial charge < -0.3 is 15.7 Å². The summed E-state index contributed by atoms with van der Waals surface area (Å²) in [6.07, 6.45) is 1.92. The number of amides is 2. The minimum absolute atomic E-state index is 0.166. The van der Waals surface area contributed by atoms with Crippen molar-refractivity contribution in [1.82, 2.24) is 10.6 Å². The standard InChI is InChI=1S/C12H20N2O4S/c1-2-3-9(15)13-8-10(16)14-12(11(17)18)4-6-19-7-5-12/h2-8H2,1H3,(H,13,15)(H,14,16)(H,17,18). The largest absolute Gasteiger partial charge is 0.480 e. The second-order valence-electron chi connectivity index (χ2n) is 4.57. The number of carboxylic acid groups (broad SMARTS) is 1. The zero-order valence-electron chi connectivity index (χ0n) is 11.0. The first-order valence-corrected chi connectivity index (χ1v) is 7.54. The number of carbonyl (C=O) groups is 3. The van der Waals surface area contributed by atoms with Crippen molar-refractivity contribution in [3.8, 4) is 0 Å². The fraction of sp³-hybridized carbons (Fsp3) is 0.750. The van der Waals surface area contributed by atoms with Gasteiger partial charge in [0.2, 0.25) is 11.8 Å². The molecule has 1 aliphatic rings. The number of nitrogens with one attached hydrogen (secondary N) is 2. The molecule has 1 heterocycles. The van der Waals surface area contributed by atoms with Crippen LogP contribution in [0.1, 0.15) is 32.6 Å². The Labute approximate surface area is 116 Å². The molecule has 2 amide bonds. The van der Waals surface area contributed by atoms with E-state index in [0.29, 0.717) is 25.7 Å². The highest BCUT2D eigenvalue weighted by Gasteiger charge is 2.41. The van der Waals surface area contributed by atoms with Crippen LogP contribution in [0.2, 0.25) is 0 Å². The number of rotatable bonds is 6. The van der Waals surface area contributed by atoms with Crippen LogP contribution in [0.15, 0.2) is 0 Å². The van der Waals surface area contributed by atoms with E-state index in [9.17, 15) is 19.5 Å². The van der Waals surface area contributed by atoms with E-state index in [4.69, 9.17) is 0 Å². The summed E-state index contributed by atoms with van der Waals surface area (Å²) in [5.41, 5.74) is -1.17. The van der Waals surface area contributed by atoms with Crippen LogP contribution in [0.4, 0.5) is 0 Å². The van der Waals surface area contributed by atoms with Gasteiger partial charge in [0.1, 0.15) is 5.54 Å². The Hall–Kier alpha value is -1.24. The lowest BCUT2D eigenvalue weighted by molar-refractivity contribution is -0.148. The van der Waals surface area contributed by atoms with Crippen molar-refractivity contribution in [2.75, 3.05) is 18.1 Å². The van der Waals surface area contributed by atoms with E-state index in [0.717, 1.165) is 11.5 Å². The van der Waals surface area contributed by atoms with Crippen LogP contribution < -0.4 is 10.6 Å². The molecule has 6 nitrogen and oxygen atoms in total. The van der Waals surface area contributed by atoms with Crippen molar-refractivity contribution in [2.24, 2.45) is 0 Å². The molecule has 108 valence electrons. The average Bonchev–Trinajstić information content (AvgIpc) is 2.38. The Bertz CT molecular complexity index is 354. The van der Waals surface area contributed by atoms with Gasteiger partial charge >= 0.3 is 5.97 Å². The van der Waals surface area contributed by atoms with E-state index in [1.807, 2.05) is 6.92 Å². The third-order valence-corrected chi connectivity index (χ3v) is 4.04. The number of aliphatic carboxylic acids is 1. The molecule has 1 fully saturated rings. The molecular weight excluding hydrogens is 268 g/mol. The van der Waals surface area contributed by atoms with Gasteiger partial charge in [0, 0.05) is 6.42 Å². The monoisotopic (exact) mass is 288 g/mol. The smallest absolute Gasteiger partial charge is 0.329 e. The summed E-state index contributed by atoms with van der Waals surface area (Å²) in [7, 11) is 0. The van der Waals surface area contributed by atoms with Crippen molar-refractivity contribution in [1.29, 1.82) is 0 Å². The lowest BCUT2D eigenvalue weighted by Gasteiger charge is -2.33. The summed E-state index contributed by atoms with van der Waals surface area (Å²) in [5.74, 6) is -0.204. The van der Waals surface area contributed by atoms with Crippen LogP contribution in [-0.2, 0) is 14.4 Å². The van der Waals surface area contributed by atoms with E-state index in [1.165, 1.54) is 0 Å². The number of hydrogen-bond acceptors (Lipinski definition) is 4. The maximum absolute atomic E-state index is 11.7. The molecular formula is C12H20N2O4S. The molecule has 1 rings (SSSR count). The first-order chi connectivity index (χ1) is 9.00. The van der Waals surface area contributed by atoms with Crippen molar-refractivity contribution in [3.05, 3.63) is 0 Å². The fourth-order valence-electron chi connectivity index (χ4n) is 1.92. The second-order valence-corrected chi connectivity index (χ2v) is 5.80. The van der Waals surface area contributed by atoms with Gasteiger partial charge in [-0.2, -0.15) is 11.8 Å². The van der Waals surface area contributed by atoms with Gasteiger partial charge in [-0.1, -0.05) is 6.92 Å². The Morgan fingerprint density at radius 1 is 1.21 bits per heavy atom. The van der Waals surface area contributed by atoms with Crippen molar-refractivity contribution in [3.63, 3.8) is 0 Å². The maximum atomic E-state index is 11.7. The van der Waals surface area contributed by atoms with E-state index in [-0.39, 0.29) is 12.5 Å². The molecule has 0 aliphatic carbocycles. The molecule has 0 spiro atoms. The highest BCUT2D eigenvalue weighted by molar-refractivity contribution is 7.99. The third kappa shape index (κ3) is 4.74. The normalized spacial score (nSPS) is 17.5. The Balaban J connectivity index is 2.48. The van der Waals surface area contributed by atoms with Gasteiger partial charge in [0.15, 0.2) is 0 Å². The fourth-order valence-corrected chi connectivity index (χ4v) is 3.11. The molecule has 7 heteroatoms. The minimum atomic E-state index is -1.17. The van der Waals surface area contributed by atoms with E-state index < -0.39 is 17.4 Å². The van der Waals surface area contributed by atoms with Crippen LogP contribution in [0.3, 0.4) is 0 Å². The Morgan fingerprint density at radius 3 is 2.37 bits per heavy atom. The molecule has 0 aromatic heterocycles. The molecule has 0 saturated carbocycles. The Morgan fingerprint density at radius 2 is 1.84 bits per heavy atom. The summed E-state index contributed by atoms with van der Waals surface area (Å²) in [5, 5.41) is 14.3. The highest BCUT2D eigenvalue weighted by atomic mass is 32.2. The first kappa shape index (κ1) is 15.8. The van der Waals surface area contributed by atoms with Crippen LogP contribution in [0.25, 0.3) is 0 Å². The van der Waals surface area contributed by atoms with E-state index in [1.54, 1.807) is 11.8 Å². The van der Waals surface area contributed by atoms with Crippen molar-refractivity contribution < 1.29 is 19.5 Å². The van der Waals surface area contributed by atoms with Crippen LogP contribution in [0.5, 0.6) is 0 Å². The average molecular weight is 288 g/mol. The SMILES string of the molecule is CCCC(=O)NCC(=O)NC1(C(=O)O)CCSCC1. The number of hydrogen-bond donors (Lipinski definition) is 3. The highest BCUT2D eigenvalue weighted by Crippen LogP contribution is 2.27. The molecule has 0 atom stereocenters. The zero-order chi connectivity index (χ0) is 14.3. The lowest BCUT2D eigenvalue weighted by atomic mass is 9.92. The maximum Gasteiger partial charge on any atom is 0.329 e. The van der Waals surface area contributed by atoms with Gasteiger partial charge in [-0.15, -0.1) is 0 Å². The van der Waals surface area contributed by atoms with E-state index in [2.05, 4.69) is 10.6 Å². The Kier molecular flexibility index (Phi) is 6.14. The number of carbonyl (C=O) groups excluding carboxylic acids is 2. The van der Waals surface area contributed by atoms with Gasteiger partial charge in [0.05, 0.1) is 6.54 Å². The van der Waals surface area contributed by atoms with Gasteiger partial charge in [0.25, 0.3) is 0 Å². The second kappa shape index (κ2) is 7.37. The first-order valence-electron chi connectivity index (χ1n) is 6.39. The topological polar surface area (TPSA) is 95.5 Å². The van der Waals surface area contributed by atoms with Gasteiger partial charge in [-0.3, -0.25) is 9.59 Å². The predicted octanol–water partition coefficient (Wildman–Crippen LogP) is 0.369. The van der Waals surface area contributed by atoms with Gasteiger partial charge in [-0.05, 0) is 30.8 Å². The molecule has 0 radical (unpaired) electrons. The van der Waals surface area contributed by atoms with Crippen molar-refractivity contribution >= 4 is 29.5 Å². The molecule has 0 bridgehead atoms. The number of carboxylic acids is 1. The van der Waals surface area contributed by atoms with Crippen LogP contribution >= 0.6 is 11.8 Å². The molecule has 3 N–H and O–H groups in total. The zero-order valence-corrected chi connectivity index (χ0v) is 11.8. The molecule has 19 heavy (non-hydrogen) atoms. The van der Waals surface area contributed by atoms with E-state index >= 15 is 0 Å². The predicted molar refractivity (Wildman–Crippen MR) is 73.0 cm³/mol. The molecule has 0 aromatic rings. The van der Waals surface area contributed by atoms with Crippen LogP contribution in [-0.4, -0.2) is 46.5 Å². The summed E-state index contributed by atoms with van der Waals surface area (Å²) in [6, 6.07) is 0. The lowest BCUT2D eigenvalue weighted by Crippen LogP contribution is -2.58. The molecule has 0 aromatic carbocycles. The molecule has 1 saturated heterocycles. The third-order valence-electron chi connectivity index (χ3n) is 3.06. The van der Waals surface area contributed by atoms with Crippen LogP contribution in [0, 0.1) is 0 Å². The number of thioether (sulfide) groups is 1. The summed E-state index contributed by atoms with van der Waals surface area (Å²) in [4.78, 5) is 34.3. The van der Waals surface area contributed by atoms with Crippen molar-refractivity contribution in [2.45, 2.75) is 38.1 Å². The van der Waals surface area contributed by atoms with Gasteiger partial charge in [-0.25, -0.2) is 4.79 Å². The quantitative estimate of drug-likeness (QED) is 0.656. The summed E-state index contributed by atoms with van der Waals surface area (Å²) < 4.78 is 0. The summed E-state index contributed by atoms with van der Waals surface area (Å²) in [6.45, 7) is 1.71. The minimum Gasteiger partial charge on any atom is -0.480 e. The molecule has 0 unspecified atom stereocenters.